The second-order valence-electron chi connectivity index (χ2n) is 9.16. The average Bonchev–Trinajstić information content (AvgIpc) is 2.90. The van der Waals surface area contributed by atoms with Crippen molar-refractivity contribution in [3.05, 3.63) is 96.8 Å². The highest BCUT2D eigenvalue weighted by Gasteiger charge is 2.08. The highest BCUT2D eigenvalue weighted by atomic mass is 19.1. The van der Waals surface area contributed by atoms with E-state index in [2.05, 4.69) is 32.6 Å². The molecule has 0 heterocycles. The molecule has 0 saturated carbocycles. The number of hydrogen-bond acceptors (Lipinski definition) is 2. The van der Waals surface area contributed by atoms with Gasteiger partial charge in [-0.15, -0.1) is 0 Å². The molecule has 0 spiro atoms. The lowest BCUT2D eigenvalue weighted by atomic mass is 9.98. The molecule has 3 aromatic rings. The van der Waals surface area contributed by atoms with Gasteiger partial charge in [0, 0.05) is 12.2 Å². The summed E-state index contributed by atoms with van der Waals surface area (Å²) in [6, 6.07) is 21.1. The SMILES string of the molecule is C=CCOc1ccc(-c2ccc(-c3ccc(C=CCCCC(C)OCCCCC)cc3)c(F)c2)cc1. The Labute approximate surface area is 216 Å². The van der Waals surface area contributed by atoms with Crippen LogP contribution >= 0.6 is 0 Å². The molecule has 0 fully saturated rings. The molecule has 0 aromatic heterocycles. The van der Waals surface area contributed by atoms with Crippen LogP contribution in [0.25, 0.3) is 28.3 Å². The first kappa shape index (κ1) is 27.4. The van der Waals surface area contributed by atoms with E-state index in [0.29, 0.717) is 18.3 Å². The second kappa shape index (κ2) is 15.1. The standard InChI is InChI=1S/C33H39FO2/c1-4-6-10-24-35-26(3)11-8-7-9-12-27-13-15-29(16-14-27)32-22-19-30(25-33(32)34)28-17-20-31(21-18-28)36-23-5-2/h5,9,12-22,25-26H,2,4,6-8,10-11,23-24H2,1,3H3. The zero-order valence-electron chi connectivity index (χ0n) is 21.7. The lowest BCUT2D eigenvalue weighted by molar-refractivity contribution is 0.0566. The Morgan fingerprint density at radius 1 is 0.889 bits per heavy atom. The molecule has 2 nitrogen and oxygen atoms in total. The number of unbranched alkanes of at least 4 members (excludes halogenated alkanes) is 3. The summed E-state index contributed by atoms with van der Waals surface area (Å²) in [6.45, 7) is 9.36. The molecular weight excluding hydrogens is 447 g/mol. The summed E-state index contributed by atoms with van der Waals surface area (Å²) >= 11 is 0. The van der Waals surface area contributed by atoms with Crippen molar-refractivity contribution in [1.82, 2.24) is 0 Å². The quantitative estimate of drug-likeness (QED) is 0.157. The fraction of sp³-hybridized carbons (Fsp3) is 0.333. The van der Waals surface area contributed by atoms with Crippen LogP contribution in [0.3, 0.4) is 0 Å². The molecular formula is C33H39FO2. The van der Waals surface area contributed by atoms with Gasteiger partial charge in [-0.2, -0.15) is 0 Å². The minimum atomic E-state index is -0.228. The van der Waals surface area contributed by atoms with Crippen molar-refractivity contribution < 1.29 is 13.9 Å². The molecule has 0 N–H and O–H groups in total. The summed E-state index contributed by atoms with van der Waals surface area (Å²) in [5.41, 5.74) is 4.39. The largest absolute Gasteiger partial charge is 0.490 e. The zero-order chi connectivity index (χ0) is 25.6. The van der Waals surface area contributed by atoms with E-state index in [-0.39, 0.29) is 5.82 Å². The van der Waals surface area contributed by atoms with E-state index >= 15 is 0 Å². The second-order valence-corrected chi connectivity index (χ2v) is 9.16. The van der Waals surface area contributed by atoms with Crippen LogP contribution < -0.4 is 4.74 Å². The molecule has 3 rings (SSSR count). The first-order valence-electron chi connectivity index (χ1n) is 13.1. The predicted molar refractivity (Wildman–Crippen MR) is 151 cm³/mol. The van der Waals surface area contributed by atoms with Gasteiger partial charge in [-0.25, -0.2) is 4.39 Å². The third kappa shape index (κ3) is 8.80. The van der Waals surface area contributed by atoms with Gasteiger partial charge in [0.1, 0.15) is 18.2 Å². The Morgan fingerprint density at radius 2 is 1.61 bits per heavy atom. The number of rotatable bonds is 15. The lowest BCUT2D eigenvalue weighted by Crippen LogP contribution is -2.08. The van der Waals surface area contributed by atoms with Gasteiger partial charge < -0.3 is 9.47 Å². The molecule has 190 valence electrons. The summed E-state index contributed by atoms with van der Waals surface area (Å²) in [7, 11) is 0. The smallest absolute Gasteiger partial charge is 0.131 e. The Balaban J connectivity index is 1.51. The molecule has 3 heteroatoms. The van der Waals surface area contributed by atoms with Crippen LogP contribution in [-0.2, 0) is 4.74 Å². The first-order valence-corrected chi connectivity index (χ1v) is 13.1. The maximum Gasteiger partial charge on any atom is 0.131 e. The normalized spacial score (nSPS) is 12.1. The number of ether oxygens (including phenoxy) is 2. The van der Waals surface area contributed by atoms with Crippen LogP contribution in [0.2, 0.25) is 0 Å². The van der Waals surface area contributed by atoms with Crippen molar-refractivity contribution in [3.8, 4) is 28.0 Å². The van der Waals surface area contributed by atoms with E-state index in [4.69, 9.17) is 9.47 Å². The third-order valence-corrected chi connectivity index (χ3v) is 6.19. The number of allylic oxidation sites excluding steroid dienone is 1. The molecule has 1 atom stereocenters. The van der Waals surface area contributed by atoms with Gasteiger partial charge in [0.15, 0.2) is 0 Å². The fourth-order valence-electron chi connectivity index (χ4n) is 4.06. The molecule has 0 saturated heterocycles. The minimum Gasteiger partial charge on any atom is -0.490 e. The molecule has 0 aliphatic rings. The summed E-state index contributed by atoms with van der Waals surface area (Å²) in [5.74, 6) is 0.542. The summed E-state index contributed by atoms with van der Waals surface area (Å²) in [5, 5.41) is 0. The van der Waals surface area contributed by atoms with Crippen LogP contribution in [0, 0.1) is 5.82 Å². The number of hydrogen-bond donors (Lipinski definition) is 0. The van der Waals surface area contributed by atoms with Gasteiger partial charge in [-0.3, -0.25) is 0 Å². The van der Waals surface area contributed by atoms with Crippen molar-refractivity contribution in [1.29, 1.82) is 0 Å². The Hall–Kier alpha value is -3.17. The Bertz CT molecular complexity index is 1080. The molecule has 0 bridgehead atoms. The van der Waals surface area contributed by atoms with Gasteiger partial charge in [0.25, 0.3) is 0 Å². The van der Waals surface area contributed by atoms with E-state index in [9.17, 15) is 4.39 Å². The monoisotopic (exact) mass is 486 g/mol. The molecule has 3 aromatic carbocycles. The van der Waals surface area contributed by atoms with Gasteiger partial charge in [0.05, 0.1) is 6.10 Å². The van der Waals surface area contributed by atoms with Crippen molar-refractivity contribution in [2.45, 2.75) is 58.5 Å². The minimum absolute atomic E-state index is 0.228. The summed E-state index contributed by atoms with van der Waals surface area (Å²) in [6.07, 6.45) is 13.2. The van der Waals surface area contributed by atoms with Gasteiger partial charge >= 0.3 is 0 Å². The van der Waals surface area contributed by atoms with E-state index in [1.54, 1.807) is 12.1 Å². The predicted octanol–water partition coefficient (Wildman–Crippen LogP) is 9.50. The highest BCUT2D eigenvalue weighted by molar-refractivity contribution is 5.72. The van der Waals surface area contributed by atoms with Crippen molar-refractivity contribution in [2.24, 2.45) is 0 Å². The first-order chi connectivity index (χ1) is 17.6. The lowest BCUT2D eigenvalue weighted by Gasteiger charge is -2.12. The topological polar surface area (TPSA) is 18.5 Å². The number of halogens is 1. The van der Waals surface area contributed by atoms with Crippen LogP contribution in [0.1, 0.15) is 57.9 Å². The molecule has 0 aliphatic carbocycles. The fourth-order valence-corrected chi connectivity index (χ4v) is 4.06. The highest BCUT2D eigenvalue weighted by Crippen LogP contribution is 2.29. The summed E-state index contributed by atoms with van der Waals surface area (Å²) in [4.78, 5) is 0. The van der Waals surface area contributed by atoms with Gasteiger partial charge in [-0.1, -0.05) is 93.1 Å². The Morgan fingerprint density at radius 3 is 2.31 bits per heavy atom. The van der Waals surface area contributed by atoms with Crippen molar-refractivity contribution in [3.63, 3.8) is 0 Å². The molecule has 0 aliphatic heterocycles. The van der Waals surface area contributed by atoms with E-state index in [1.807, 2.05) is 60.7 Å². The van der Waals surface area contributed by atoms with Crippen LogP contribution in [-0.4, -0.2) is 19.3 Å². The van der Waals surface area contributed by atoms with Gasteiger partial charge in [-0.05, 0) is 73.1 Å². The van der Waals surface area contributed by atoms with Crippen molar-refractivity contribution in [2.75, 3.05) is 13.2 Å². The maximum atomic E-state index is 15.0. The third-order valence-electron chi connectivity index (χ3n) is 6.19. The molecule has 1 unspecified atom stereocenters. The molecule has 0 amide bonds. The molecule has 36 heavy (non-hydrogen) atoms. The zero-order valence-corrected chi connectivity index (χ0v) is 21.7. The van der Waals surface area contributed by atoms with E-state index in [1.165, 1.54) is 12.8 Å². The van der Waals surface area contributed by atoms with Gasteiger partial charge in [0.2, 0.25) is 0 Å². The average molecular weight is 487 g/mol. The van der Waals surface area contributed by atoms with Crippen LogP contribution in [0.15, 0.2) is 85.5 Å². The van der Waals surface area contributed by atoms with E-state index < -0.39 is 0 Å². The molecule has 0 radical (unpaired) electrons. The van der Waals surface area contributed by atoms with Crippen molar-refractivity contribution >= 4 is 6.08 Å². The van der Waals surface area contributed by atoms with E-state index in [0.717, 1.165) is 60.3 Å². The maximum absolute atomic E-state index is 15.0. The Kier molecular flexibility index (Phi) is 11.5. The number of benzene rings is 3. The van der Waals surface area contributed by atoms with Crippen LogP contribution in [0.5, 0.6) is 5.75 Å². The van der Waals surface area contributed by atoms with Crippen LogP contribution in [0.4, 0.5) is 4.39 Å². The summed E-state index contributed by atoms with van der Waals surface area (Å²) < 4.78 is 26.4.